The lowest BCUT2D eigenvalue weighted by Gasteiger charge is -2.23. The molecule has 4 N–H and O–H groups in total. The molecule has 0 spiro atoms. The zero-order valence-electron chi connectivity index (χ0n) is 14.6. The molecule has 0 radical (unpaired) electrons. The number of hydrogen-bond donors (Lipinski definition) is 3. The molecule has 1 saturated heterocycles. The molecule has 0 amide bonds. The summed E-state index contributed by atoms with van der Waals surface area (Å²) < 4.78 is 13.4. The average molecular weight is 369 g/mol. The van der Waals surface area contributed by atoms with Crippen LogP contribution in [0.15, 0.2) is 6.20 Å². The first-order chi connectivity index (χ1) is 12.1. The van der Waals surface area contributed by atoms with E-state index < -0.39 is 0 Å². The van der Waals surface area contributed by atoms with Gasteiger partial charge in [0, 0.05) is 26.2 Å². The van der Waals surface area contributed by atoms with Gasteiger partial charge in [-0.3, -0.25) is 9.78 Å². The fourth-order valence-corrected chi connectivity index (χ4v) is 3.08. The SMILES string of the molecule is Cc1c(N)c(OC(C)CCNc2[nH]ncc2Cl)nn1C1CCOCC1. The number of aromatic amines is 1. The van der Waals surface area contributed by atoms with Gasteiger partial charge in [-0.15, -0.1) is 5.10 Å². The molecule has 3 rings (SSSR count). The highest BCUT2D eigenvalue weighted by atomic mass is 35.5. The summed E-state index contributed by atoms with van der Waals surface area (Å²) in [7, 11) is 0. The van der Waals surface area contributed by atoms with Crippen molar-refractivity contribution >= 4 is 23.1 Å². The summed E-state index contributed by atoms with van der Waals surface area (Å²) >= 11 is 5.97. The Labute approximate surface area is 152 Å². The second kappa shape index (κ2) is 7.97. The van der Waals surface area contributed by atoms with Gasteiger partial charge in [0.15, 0.2) is 0 Å². The third-order valence-electron chi connectivity index (χ3n) is 4.46. The van der Waals surface area contributed by atoms with Crippen molar-refractivity contribution in [2.24, 2.45) is 0 Å². The van der Waals surface area contributed by atoms with Crippen LogP contribution >= 0.6 is 11.6 Å². The first-order valence-electron chi connectivity index (χ1n) is 8.58. The molecule has 0 aliphatic carbocycles. The molecule has 1 fully saturated rings. The molecule has 1 aliphatic heterocycles. The molecule has 0 saturated carbocycles. The Morgan fingerprint density at radius 1 is 1.52 bits per heavy atom. The quantitative estimate of drug-likeness (QED) is 0.694. The summed E-state index contributed by atoms with van der Waals surface area (Å²) in [5.41, 5.74) is 7.77. The monoisotopic (exact) mass is 368 g/mol. The van der Waals surface area contributed by atoms with Crippen LogP contribution in [0.3, 0.4) is 0 Å². The number of rotatable bonds is 7. The van der Waals surface area contributed by atoms with E-state index in [4.69, 9.17) is 26.8 Å². The van der Waals surface area contributed by atoms with Gasteiger partial charge in [-0.2, -0.15) is 5.10 Å². The van der Waals surface area contributed by atoms with E-state index in [2.05, 4.69) is 20.6 Å². The van der Waals surface area contributed by atoms with E-state index in [1.807, 2.05) is 18.5 Å². The molecule has 2 aromatic heterocycles. The number of H-pyrrole nitrogens is 1. The van der Waals surface area contributed by atoms with Gasteiger partial charge in [0.05, 0.1) is 24.0 Å². The fourth-order valence-electron chi connectivity index (χ4n) is 2.92. The summed E-state index contributed by atoms with van der Waals surface area (Å²) in [6.07, 6.45) is 4.21. The Hall–Kier alpha value is -1.93. The van der Waals surface area contributed by atoms with E-state index in [9.17, 15) is 0 Å². The lowest BCUT2D eigenvalue weighted by atomic mass is 10.1. The Morgan fingerprint density at radius 2 is 2.28 bits per heavy atom. The summed E-state index contributed by atoms with van der Waals surface area (Å²) in [5, 5.41) is 15.0. The number of nitrogens with two attached hydrogens (primary N) is 1. The first-order valence-corrected chi connectivity index (χ1v) is 8.95. The van der Waals surface area contributed by atoms with Crippen LogP contribution in [0.4, 0.5) is 11.5 Å². The summed E-state index contributed by atoms with van der Waals surface area (Å²) in [5.74, 6) is 1.23. The summed E-state index contributed by atoms with van der Waals surface area (Å²) in [4.78, 5) is 0. The number of aromatic nitrogens is 4. The van der Waals surface area contributed by atoms with Gasteiger partial charge in [-0.25, -0.2) is 0 Å². The maximum absolute atomic E-state index is 6.20. The van der Waals surface area contributed by atoms with Gasteiger partial charge in [0.2, 0.25) is 0 Å². The second-order valence-corrected chi connectivity index (χ2v) is 6.74. The van der Waals surface area contributed by atoms with Gasteiger partial charge in [0.1, 0.15) is 16.5 Å². The molecule has 138 valence electrons. The topological polar surface area (TPSA) is 103 Å². The maximum atomic E-state index is 6.20. The van der Waals surface area contributed by atoms with Crippen molar-refractivity contribution in [2.75, 3.05) is 30.8 Å². The highest BCUT2D eigenvalue weighted by Gasteiger charge is 2.23. The number of nitrogen functional groups attached to an aromatic ring is 1. The Kier molecular flexibility index (Phi) is 5.70. The van der Waals surface area contributed by atoms with E-state index in [1.165, 1.54) is 0 Å². The Morgan fingerprint density at radius 3 is 2.96 bits per heavy atom. The average Bonchev–Trinajstić information content (AvgIpc) is 3.14. The highest BCUT2D eigenvalue weighted by molar-refractivity contribution is 6.32. The highest BCUT2D eigenvalue weighted by Crippen LogP contribution is 2.31. The molecule has 25 heavy (non-hydrogen) atoms. The molecule has 2 aromatic rings. The van der Waals surface area contributed by atoms with Crippen LogP contribution in [-0.2, 0) is 4.74 Å². The number of ether oxygens (including phenoxy) is 2. The molecule has 1 unspecified atom stereocenters. The van der Waals surface area contributed by atoms with Crippen LogP contribution in [0.25, 0.3) is 0 Å². The van der Waals surface area contributed by atoms with Crippen LogP contribution in [0, 0.1) is 6.92 Å². The minimum Gasteiger partial charge on any atom is -0.472 e. The molecule has 8 nitrogen and oxygen atoms in total. The van der Waals surface area contributed by atoms with Gasteiger partial charge in [-0.05, 0) is 26.7 Å². The standard InChI is InChI=1S/C16H25ClN6O2/c1-10(3-6-19-15-13(17)9-20-21-15)25-16-14(18)11(2)23(22-16)12-4-7-24-8-5-12/h9-10,12H,3-8,18H2,1-2H3,(H2,19,20,21). The molecule has 1 atom stereocenters. The van der Waals surface area contributed by atoms with E-state index in [0.717, 1.165) is 38.2 Å². The molecule has 0 bridgehead atoms. The molecule has 0 aromatic carbocycles. The number of nitrogens with zero attached hydrogens (tertiary/aromatic N) is 3. The van der Waals surface area contributed by atoms with Crippen LogP contribution in [0.5, 0.6) is 5.88 Å². The first kappa shape index (κ1) is 17.9. The predicted octanol–water partition coefficient (Wildman–Crippen LogP) is 2.77. The Balaban J connectivity index is 1.55. The van der Waals surface area contributed by atoms with E-state index in [0.29, 0.717) is 35.0 Å². The molecular weight excluding hydrogens is 344 g/mol. The van der Waals surface area contributed by atoms with Crippen molar-refractivity contribution < 1.29 is 9.47 Å². The zero-order chi connectivity index (χ0) is 17.8. The molecule has 3 heterocycles. The number of anilines is 2. The second-order valence-electron chi connectivity index (χ2n) is 6.33. The van der Waals surface area contributed by atoms with Crippen molar-refractivity contribution in [3.05, 3.63) is 16.9 Å². The smallest absolute Gasteiger partial charge is 0.256 e. The van der Waals surface area contributed by atoms with E-state index in [-0.39, 0.29) is 6.10 Å². The van der Waals surface area contributed by atoms with Crippen molar-refractivity contribution in [1.29, 1.82) is 0 Å². The lowest BCUT2D eigenvalue weighted by molar-refractivity contribution is 0.0650. The van der Waals surface area contributed by atoms with Crippen LogP contribution in [-0.4, -0.2) is 45.8 Å². The third kappa shape index (κ3) is 4.19. The van der Waals surface area contributed by atoms with Crippen LogP contribution in [0.1, 0.15) is 37.9 Å². The van der Waals surface area contributed by atoms with E-state index in [1.54, 1.807) is 6.20 Å². The van der Waals surface area contributed by atoms with Crippen molar-refractivity contribution in [2.45, 2.75) is 45.3 Å². The van der Waals surface area contributed by atoms with E-state index >= 15 is 0 Å². The van der Waals surface area contributed by atoms with Crippen molar-refractivity contribution in [1.82, 2.24) is 20.0 Å². The minimum atomic E-state index is -0.0334. The van der Waals surface area contributed by atoms with Crippen molar-refractivity contribution in [3.8, 4) is 5.88 Å². The molecule has 9 heteroatoms. The third-order valence-corrected chi connectivity index (χ3v) is 4.74. The largest absolute Gasteiger partial charge is 0.472 e. The normalized spacial score (nSPS) is 16.8. The van der Waals surface area contributed by atoms with Gasteiger partial charge in [0.25, 0.3) is 5.88 Å². The number of nitrogens with one attached hydrogen (secondary N) is 2. The van der Waals surface area contributed by atoms with Crippen LogP contribution < -0.4 is 15.8 Å². The van der Waals surface area contributed by atoms with Crippen LogP contribution in [0.2, 0.25) is 5.02 Å². The van der Waals surface area contributed by atoms with Crippen molar-refractivity contribution in [3.63, 3.8) is 0 Å². The van der Waals surface area contributed by atoms with Gasteiger partial charge < -0.3 is 20.5 Å². The fraction of sp³-hybridized carbons (Fsp3) is 0.625. The Bertz CT molecular complexity index is 695. The minimum absolute atomic E-state index is 0.0334. The summed E-state index contributed by atoms with van der Waals surface area (Å²) in [6, 6.07) is 0.327. The molecular formula is C16H25ClN6O2. The zero-order valence-corrected chi connectivity index (χ0v) is 15.3. The maximum Gasteiger partial charge on any atom is 0.256 e. The predicted molar refractivity (Wildman–Crippen MR) is 97.3 cm³/mol. The lowest BCUT2D eigenvalue weighted by Crippen LogP contribution is -2.21. The number of halogens is 1. The number of hydrogen-bond acceptors (Lipinski definition) is 6. The van der Waals surface area contributed by atoms with Gasteiger partial charge >= 0.3 is 0 Å². The van der Waals surface area contributed by atoms with Gasteiger partial charge in [-0.1, -0.05) is 11.6 Å². The molecule has 1 aliphatic rings. The summed E-state index contributed by atoms with van der Waals surface area (Å²) in [6.45, 7) is 6.20.